The van der Waals surface area contributed by atoms with Gasteiger partial charge in [0.05, 0.1) is 7.11 Å². The summed E-state index contributed by atoms with van der Waals surface area (Å²) in [7, 11) is 1.45. The standard InChI is InChI=1S/C9H12FNO.ClH/c1-3-11-7-4-5-8(10)9(6-7)12-2;/h4-6,11H,3H2,1-2H3;1H. The monoisotopic (exact) mass is 205 g/mol. The lowest BCUT2D eigenvalue weighted by Crippen LogP contribution is -1.97. The average Bonchev–Trinajstić information content (AvgIpc) is 2.09. The van der Waals surface area contributed by atoms with Crippen LogP contribution in [0.4, 0.5) is 10.1 Å². The van der Waals surface area contributed by atoms with Crippen LogP contribution in [0, 0.1) is 5.82 Å². The molecular weight excluding hydrogens is 193 g/mol. The van der Waals surface area contributed by atoms with Gasteiger partial charge in [-0.2, -0.15) is 0 Å². The molecule has 0 radical (unpaired) electrons. The van der Waals surface area contributed by atoms with Gasteiger partial charge in [0.1, 0.15) is 0 Å². The highest BCUT2D eigenvalue weighted by atomic mass is 35.5. The molecular formula is C9H13ClFNO. The molecule has 74 valence electrons. The highest BCUT2D eigenvalue weighted by molar-refractivity contribution is 5.85. The van der Waals surface area contributed by atoms with E-state index in [0.717, 1.165) is 12.2 Å². The molecule has 0 amide bonds. The van der Waals surface area contributed by atoms with E-state index in [1.165, 1.54) is 13.2 Å². The third-order valence-corrected chi connectivity index (χ3v) is 1.53. The molecule has 0 saturated heterocycles. The summed E-state index contributed by atoms with van der Waals surface area (Å²) in [6, 6.07) is 4.71. The fourth-order valence-corrected chi connectivity index (χ4v) is 0.974. The van der Waals surface area contributed by atoms with Crippen molar-refractivity contribution in [3.63, 3.8) is 0 Å². The minimum absolute atomic E-state index is 0. The van der Waals surface area contributed by atoms with Crippen LogP contribution in [0.1, 0.15) is 6.92 Å². The maximum atomic E-state index is 12.9. The molecule has 0 heterocycles. The number of hydrogen-bond acceptors (Lipinski definition) is 2. The summed E-state index contributed by atoms with van der Waals surface area (Å²) in [6.45, 7) is 2.80. The smallest absolute Gasteiger partial charge is 0.165 e. The van der Waals surface area contributed by atoms with E-state index in [1.54, 1.807) is 12.1 Å². The largest absolute Gasteiger partial charge is 0.494 e. The van der Waals surface area contributed by atoms with Crippen LogP contribution in [-0.4, -0.2) is 13.7 Å². The fraction of sp³-hybridized carbons (Fsp3) is 0.333. The molecule has 0 aliphatic carbocycles. The number of halogens is 2. The van der Waals surface area contributed by atoms with Crippen molar-refractivity contribution < 1.29 is 9.13 Å². The first-order chi connectivity index (χ1) is 5.77. The van der Waals surface area contributed by atoms with Crippen LogP contribution in [0.3, 0.4) is 0 Å². The van der Waals surface area contributed by atoms with Crippen LogP contribution in [0.5, 0.6) is 5.75 Å². The Labute approximate surface area is 83.5 Å². The fourth-order valence-electron chi connectivity index (χ4n) is 0.974. The van der Waals surface area contributed by atoms with Crippen LogP contribution in [0.25, 0.3) is 0 Å². The molecule has 2 nitrogen and oxygen atoms in total. The molecule has 1 N–H and O–H groups in total. The lowest BCUT2D eigenvalue weighted by molar-refractivity contribution is 0.387. The summed E-state index contributed by atoms with van der Waals surface area (Å²) in [5.74, 6) is -0.0624. The zero-order chi connectivity index (χ0) is 8.97. The van der Waals surface area contributed by atoms with Crippen molar-refractivity contribution >= 4 is 18.1 Å². The summed E-state index contributed by atoms with van der Waals surface area (Å²) in [6.07, 6.45) is 0. The molecule has 0 fully saturated rings. The molecule has 0 aliphatic rings. The van der Waals surface area contributed by atoms with Gasteiger partial charge in [-0.1, -0.05) is 0 Å². The Morgan fingerprint density at radius 1 is 1.46 bits per heavy atom. The Morgan fingerprint density at radius 3 is 2.69 bits per heavy atom. The maximum Gasteiger partial charge on any atom is 0.165 e. The van der Waals surface area contributed by atoms with Gasteiger partial charge >= 0.3 is 0 Å². The maximum absolute atomic E-state index is 12.9. The Balaban J connectivity index is 0.00000144. The predicted molar refractivity (Wildman–Crippen MR) is 54.4 cm³/mol. The second-order valence-electron chi connectivity index (χ2n) is 2.38. The van der Waals surface area contributed by atoms with Crippen LogP contribution < -0.4 is 10.1 Å². The predicted octanol–water partition coefficient (Wildman–Crippen LogP) is 2.69. The van der Waals surface area contributed by atoms with Crippen molar-refractivity contribution in [2.75, 3.05) is 19.0 Å². The third-order valence-electron chi connectivity index (χ3n) is 1.53. The number of methoxy groups -OCH3 is 1. The summed E-state index contributed by atoms with van der Waals surface area (Å²) in [5.41, 5.74) is 0.871. The van der Waals surface area contributed by atoms with Crippen LogP contribution in [0.2, 0.25) is 0 Å². The number of nitrogens with one attached hydrogen (secondary N) is 1. The Hall–Kier alpha value is -0.960. The first-order valence-electron chi connectivity index (χ1n) is 3.85. The Kier molecular flexibility index (Phi) is 5.23. The zero-order valence-corrected chi connectivity index (χ0v) is 8.45. The van der Waals surface area contributed by atoms with Crippen molar-refractivity contribution in [2.24, 2.45) is 0 Å². The number of anilines is 1. The van der Waals surface area contributed by atoms with Crippen LogP contribution >= 0.6 is 12.4 Å². The molecule has 1 aromatic carbocycles. The van der Waals surface area contributed by atoms with Gasteiger partial charge in [-0.3, -0.25) is 0 Å². The molecule has 0 bridgehead atoms. The summed E-state index contributed by atoms with van der Waals surface area (Å²) < 4.78 is 17.7. The van der Waals surface area contributed by atoms with E-state index < -0.39 is 0 Å². The van der Waals surface area contributed by atoms with E-state index in [0.29, 0.717) is 0 Å². The number of benzene rings is 1. The van der Waals surface area contributed by atoms with E-state index in [2.05, 4.69) is 5.32 Å². The highest BCUT2D eigenvalue weighted by Crippen LogP contribution is 2.20. The SMILES string of the molecule is CCNc1ccc(F)c(OC)c1.Cl. The summed E-state index contributed by atoms with van der Waals surface area (Å²) in [4.78, 5) is 0. The summed E-state index contributed by atoms with van der Waals surface area (Å²) in [5, 5.41) is 3.06. The molecule has 0 spiro atoms. The van der Waals surface area contributed by atoms with Crippen molar-refractivity contribution in [3.05, 3.63) is 24.0 Å². The van der Waals surface area contributed by atoms with E-state index in [-0.39, 0.29) is 24.0 Å². The van der Waals surface area contributed by atoms with Gasteiger partial charge in [-0.15, -0.1) is 12.4 Å². The van der Waals surface area contributed by atoms with Gasteiger partial charge < -0.3 is 10.1 Å². The third kappa shape index (κ3) is 3.11. The minimum Gasteiger partial charge on any atom is -0.494 e. The van der Waals surface area contributed by atoms with Gasteiger partial charge in [-0.25, -0.2) is 4.39 Å². The van der Waals surface area contributed by atoms with Crippen molar-refractivity contribution in [1.29, 1.82) is 0 Å². The van der Waals surface area contributed by atoms with Gasteiger partial charge in [0.15, 0.2) is 11.6 Å². The zero-order valence-electron chi connectivity index (χ0n) is 7.63. The van der Waals surface area contributed by atoms with Gasteiger partial charge in [-0.05, 0) is 19.1 Å². The second-order valence-corrected chi connectivity index (χ2v) is 2.38. The lowest BCUT2D eigenvalue weighted by atomic mass is 10.3. The molecule has 1 rings (SSSR count). The van der Waals surface area contributed by atoms with Crippen molar-refractivity contribution in [2.45, 2.75) is 6.92 Å². The van der Waals surface area contributed by atoms with Crippen molar-refractivity contribution in [3.8, 4) is 5.75 Å². The Morgan fingerprint density at radius 2 is 2.15 bits per heavy atom. The lowest BCUT2D eigenvalue weighted by Gasteiger charge is -2.05. The number of ether oxygens (including phenoxy) is 1. The molecule has 0 atom stereocenters. The van der Waals surface area contributed by atoms with Gasteiger partial charge in [0.25, 0.3) is 0 Å². The van der Waals surface area contributed by atoms with Gasteiger partial charge in [0, 0.05) is 18.3 Å². The molecule has 13 heavy (non-hydrogen) atoms. The molecule has 0 aromatic heterocycles. The second kappa shape index (κ2) is 5.65. The van der Waals surface area contributed by atoms with Gasteiger partial charge in [0.2, 0.25) is 0 Å². The van der Waals surface area contributed by atoms with E-state index in [1.807, 2.05) is 6.92 Å². The minimum atomic E-state index is -0.334. The average molecular weight is 206 g/mol. The molecule has 1 aromatic rings. The summed E-state index contributed by atoms with van der Waals surface area (Å²) >= 11 is 0. The first kappa shape index (κ1) is 12.0. The normalized spacial score (nSPS) is 8.85. The van der Waals surface area contributed by atoms with Crippen molar-refractivity contribution in [1.82, 2.24) is 0 Å². The number of hydrogen-bond donors (Lipinski definition) is 1. The van der Waals surface area contributed by atoms with Crippen LogP contribution in [-0.2, 0) is 0 Å². The molecule has 0 aliphatic heterocycles. The molecule has 0 unspecified atom stereocenters. The Bertz CT molecular complexity index is 268. The van der Waals surface area contributed by atoms with Crippen LogP contribution in [0.15, 0.2) is 18.2 Å². The quantitative estimate of drug-likeness (QED) is 0.819. The molecule has 0 saturated carbocycles. The highest BCUT2D eigenvalue weighted by Gasteiger charge is 2.01. The molecule has 4 heteroatoms. The number of rotatable bonds is 3. The first-order valence-corrected chi connectivity index (χ1v) is 3.85. The van der Waals surface area contributed by atoms with E-state index in [9.17, 15) is 4.39 Å². The topological polar surface area (TPSA) is 21.3 Å². The van der Waals surface area contributed by atoms with E-state index >= 15 is 0 Å². The van der Waals surface area contributed by atoms with E-state index in [4.69, 9.17) is 4.74 Å².